The zero-order valence-corrected chi connectivity index (χ0v) is 13.0. The predicted octanol–water partition coefficient (Wildman–Crippen LogP) is 1.03. The lowest BCUT2D eigenvalue weighted by Gasteiger charge is -2.40. The monoisotopic (exact) mass is 272 g/mol. The van der Waals surface area contributed by atoms with Gasteiger partial charge in [0.1, 0.15) is 5.54 Å². The number of ether oxygens (including phenoxy) is 2. The molecule has 0 aliphatic carbocycles. The Morgan fingerprint density at radius 2 is 1.95 bits per heavy atom. The Bertz CT molecular complexity index is 299. The maximum Gasteiger partial charge on any atom is 0.327 e. The second-order valence-electron chi connectivity index (χ2n) is 6.07. The molecule has 19 heavy (non-hydrogen) atoms. The van der Waals surface area contributed by atoms with Gasteiger partial charge in [-0.2, -0.15) is 0 Å². The Balaban J connectivity index is 2.74. The number of carbonyl (C=O) groups excluding carboxylic acids is 1. The minimum absolute atomic E-state index is 0.199. The number of morpholine rings is 1. The molecule has 0 spiro atoms. The van der Waals surface area contributed by atoms with Crippen molar-refractivity contribution < 1.29 is 14.3 Å². The summed E-state index contributed by atoms with van der Waals surface area (Å²) >= 11 is 0. The number of hydrogen-bond donors (Lipinski definition) is 1. The molecule has 0 amide bonds. The Hall–Kier alpha value is -0.650. The molecule has 5 heteroatoms. The van der Waals surface area contributed by atoms with Gasteiger partial charge in [0.2, 0.25) is 0 Å². The van der Waals surface area contributed by atoms with Gasteiger partial charge < -0.3 is 9.47 Å². The van der Waals surface area contributed by atoms with Crippen molar-refractivity contribution in [1.29, 1.82) is 0 Å². The first-order chi connectivity index (χ1) is 8.76. The maximum atomic E-state index is 12.1. The highest BCUT2D eigenvalue weighted by molar-refractivity contribution is 5.80. The number of esters is 1. The average molecular weight is 272 g/mol. The van der Waals surface area contributed by atoms with Crippen molar-refractivity contribution in [2.45, 2.75) is 58.4 Å². The van der Waals surface area contributed by atoms with Crippen LogP contribution >= 0.6 is 0 Å². The highest BCUT2D eigenvalue weighted by Gasteiger charge is 2.38. The first kappa shape index (κ1) is 16.4. The Kier molecular flexibility index (Phi) is 5.77. The molecule has 3 atom stereocenters. The fourth-order valence-electron chi connectivity index (χ4n) is 2.89. The van der Waals surface area contributed by atoms with Gasteiger partial charge in [0, 0.05) is 25.7 Å². The number of rotatable bonds is 5. The van der Waals surface area contributed by atoms with E-state index in [0.717, 1.165) is 13.1 Å². The van der Waals surface area contributed by atoms with E-state index in [-0.39, 0.29) is 24.2 Å². The summed E-state index contributed by atoms with van der Waals surface area (Å²) in [5, 5.41) is 3.33. The number of methoxy groups -OCH3 is 1. The van der Waals surface area contributed by atoms with Crippen molar-refractivity contribution >= 4 is 5.97 Å². The molecular formula is C14H28N2O3. The van der Waals surface area contributed by atoms with E-state index in [0.29, 0.717) is 6.54 Å². The van der Waals surface area contributed by atoms with Crippen LogP contribution < -0.4 is 5.32 Å². The molecule has 0 aromatic heterocycles. The Labute approximate surface area is 116 Å². The van der Waals surface area contributed by atoms with Gasteiger partial charge in [0.15, 0.2) is 0 Å². The van der Waals surface area contributed by atoms with Gasteiger partial charge in [-0.1, -0.05) is 0 Å². The third kappa shape index (κ3) is 4.75. The third-order valence-electron chi connectivity index (χ3n) is 3.28. The lowest BCUT2D eigenvalue weighted by Crippen LogP contribution is -2.61. The summed E-state index contributed by atoms with van der Waals surface area (Å²) in [5.41, 5.74) is -0.681. The second kappa shape index (κ2) is 6.68. The summed E-state index contributed by atoms with van der Waals surface area (Å²) in [7, 11) is 1.44. The van der Waals surface area contributed by atoms with Crippen molar-refractivity contribution in [1.82, 2.24) is 10.2 Å². The lowest BCUT2D eigenvalue weighted by molar-refractivity contribution is -0.150. The van der Waals surface area contributed by atoms with Crippen LogP contribution in [-0.2, 0) is 14.3 Å². The Morgan fingerprint density at radius 3 is 2.37 bits per heavy atom. The van der Waals surface area contributed by atoms with Crippen LogP contribution in [0.2, 0.25) is 0 Å². The molecule has 1 saturated heterocycles. The minimum atomic E-state index is -0.681. The molecule has 0 aromatic rings. The van der Waals surface area contributed by atoms with Crippen molar-refractivity contribution in [3.8, 4) is 0 Å². The van der Waals surface area contributed by atoms with Crippen LogP contribution in [0, 0.1) is 0 Å². The smallest absolute Gasteiger partial charge is 0.327 e. The highest BCUT2D eigenvalue weighted by Crippen LogP contribution is 2.16. The van der Waals surface area contributed by atoms with Crippen molar-refractivity contribution in [3.05, 3.63) is 0 Å². The summed E-state index contributed by atoms with van der Waals surface area (Å²) in [6.07, 6.45) is 0.398. The molecule has 1 aliphatic rings. The summed E-state index contributed by atoms with van der Waals surface area (Å²) in [4.78, 5) is 14.3. The SMILES string of the molecule is COC(=O)C(C)(CN1C[C@@H](C)O[C@@H](C)C1)NC(C)C. The van der Waals surface area contributed by atoms with Crippen LogP contribution in [0.25, 0.3) is 0 Å². The van der Waals surface area contributed by atoms with Gasteiger partial charge in [-0.15, -0.1) is 0 Å². The molecule has 1 N–H and O–H groups in total. The fourth-order valence-corrected chi connectivity index (χ4v) is 2.89. The van der Waals surface area contributed by atoms with E-state index in [4.69, 9.17) is 9.47 Å². The average Bonchev–Trinajstić information content (AvgIpc) is 2.24. The molecule has 112 valence electrons. The zero-order chi connectivity index (χ0) is 14.6. The molecule has 5 nitrogen and oxygen atoms in total. The first-order valence-corrected chi connectivity index (χ1v) is 7.00. The fraction of sp³-hybridized carbons (Fsp3) is 0.929. The van der Waals surface area contributed by atoms with E-state index in [2.05, 4.69) is 24.1 Å². The Morgan fingerprint density at radius 1 is 1.42 bits per heavy atom. The zero-order valence-electron chi connectivity index (χ0n) is 13.0. The van der Waals surface area contributed by atoms with E-state index < -0.39 is 5.54 Å². The largest absolute Gasteiger partial charge is 0.468 e. The highest BCUT2D eigenvalue weighted by atomic mass is 16.5. The van der Waals surface area contributed by atoms with E-state index in [1.807, 2.05) is 20.8 Å². The molecule has 0 aromatic carbocycles. The predicted molar refractivity (Wildman–Crippen MR) is 75.1 cm³/mol. The van der Waals surface area contributed by atoms with Gasteiger partial charge in [-0.3, -0.25) is 15.0 Å². The second-order valence-corrected chi connectivity index (χ2v) is 6.07. The van der Waals surface area contributed by atoms with Crippen LogP contribution in [0.15, 0.2) is 0 Å². The van der Waals surface area contributed by atoms with Gasteiger partial charge >= 0.3 is 5.97 Å². The molecule has 1 rings (SSSR count). The normalized spacial score (nSPS) is 28.2. The summed E-state index contributed by atoms with van der Waals surface area (Å²) in [6, 6.07) is 0.222. The summed E-state index contributed by atoms with van der Waals surface area (Å²) in [6.45, 7) is 12.4. The van der Waals surface area contributed by atoms with Gasteiger partial charge in [0.25, 0.3) is 0 Å². The summed E-state index contributed by atoms with van der Waals surface area (Å²) < 4.78 is 10.7. The number of nitrogens with one attached hydrogen (secondary N) is 1. The number of hydrogen-bond acceptors (Lipinski definition) is 5. The third-order valence-corrected chi connectivity index (χ3v) is 3.28. The van der Waals surface area contributed by atoms with Crippen LogP contribution in [0.4, 0.5) is 0 Å². The van der Waals surface area contributed by atoms with E-state index in [1.54, 1.807) is 0 Å². The van der Waals surface area contributed by atoms with Crippen molar-refractivity contribution in [3.63, 3.8) is 0 Å². The molecule has 0 bridgehead atoms. The standard InChI is InChI=1S/C14H28N2O3/c1-10(2)15-14(5,13(17)18-6)9-16-7-11(3)19-12(4)8-16/h10-12,15H,7-9H2,1-6H3/t11-,12+,14?. The van der Waals surface area contributed by atoms with Crippen LogP contribution in [-0.4, -0.2) is 61.4 Å². The van der Waals surface area contributed by atoms with Gasteiger partial charge in [-0.05, 0) is 34.6 Å². The van der Waals surface area contributed by atoms with Crippen LogP contribution in [0.1, 0.15) is 34.6 Å². The van der Waals surface area contributed by atoms with Gasteiger partial charge in [-0.25, -0.2) is 0 Å². The van der Waals surface area contributed by atoms with Gasteiger partial charge in [0.05, 0.1) is 19.3 Å². The molecular weight excluding hydrogens is 244 g/mol. The molecule has 1 unspecified atom stereocenters. The molecule has 1 fully saturated rings. The lowest BCUT2D eigenvalue weighted by atomic mass is 9.99. The molecule has 0 radical (unpaired) electrons. The van der Waals surface area contributed by atoms with E-state index in [9.17, 15) is 4.79 Å². The van der Waals surface area contributed by atoms with Crippen LogP contribution in [0.5, 0.6) is 0 Å². The first-order valence-electron chi connectivity index (χ1n) is 7.00. The number of carbonyl (C=O) groups is 1. The quantitative estimate of drug-likeness (QED) is 0.758. The van der Waals surface area contributed by atoms with E-state index >= 15 is 0 Å². The van der Waals surface area contributed by atoms with Crippen molar-refractivity contribution in [2.75, 3.05) is 26.7 Å². The molecule has 1 aliphatic heterocycles. The maximum absolute atomic E-state index is 12.1. The minimum Gasteiger partial charge on any atom is -0.468 e. The van der Waals surface area contributed by atoms with E-state index in [1.165, 1.54) is 7.11 Å². The topological polar surface area (TPSA) is 50.8 Å². The number of nitrogens with zero attached hydrogens (tertiary/aromatic N) is 1. The molecule has 0 saturated carbocycles. The summed E-state index contributed by atoms with van der Waals surface area (Å²) in [5.74, 6) is -0.215. The van der Waals surface area contributed by atoms with Crippen molar-refractivity contribution in [2.24, 2.45) is 0 Å². The van der Waals surface area contributed by atoms with Crippen LogP contribution in [0.3, 0.4) is 0 Å². The molecule has 1 heterocycles.